The number of halogens is 1. The lowest BCUT2D eigenvalue weighted by Gasteiger charge is -2.12. The minimum atomic E-state index is -0.0534. The number of carbonyl (C=O) groups excluding carboxylic acids is 1. The smallest absolute Gasteiger partial charge is 0.194 e. The summed E-state index contributed by atoms with van der Waals surface area (Å²) < 4.78 is 2.08. The maximum absolute atomic E-state index is 13.0. The summed E-state index contributed by atoms with van der Waals surface area (Å²) in [5.41, 5.74) is 6.16. The maximum atomic E-state index is 13.0. The summed E-state index contributed by atoms with van der Waals surface area (Å²) in [6.45, 7) is 3.92. The zero-order chi connectivity index (χ0) is 19.8. The largest absolute Gasteiger partial charge is 0.354 e. The van der Waals surface area contributed by atoms with Gasteiger partial charge in [0.25, 0.3) is 0 Å². The average Bonchev–Trinajstić information content (AvgIpc) is 3.05. The van der Waals surface area contributed by atoms with Gasteiger partial charge in [-0.1, -0.05) is 41.4 Å². The van der Waals surface area contributed by atoms with Crippen LogP contribution in [-0.2, 0) is 7.05 Å². The van der Waals surface area contributed by atoms with E-state index in [0.29, 0.717) is 16.1 Å². The minimum absolute atomic E-state index is 0.0534. The van der Waals surface area contributed by atoms with Crippen molar-refractivity contribution in [3.63, 3.8) is 0 Å². The topological polar surface area (TPSA) is 34.0 Å². The third-order valence-electron chi connectivity index (χ3n) is 5.03. The van der Waals surface area contributed by atoms with Gasteiger partial charge in [-0.15, -0.1) is 0 Å². The number of para-hydroxylation sites is 1. The van der Waals surface area contributed by atoms with Crippen LogP contribution < -0.4 is 5.32 Å². The first kappa shape index (κ1) is 18.3. The van der Waals surface area contributed by atoms with Crippen LogP contribution in [0.2, 0.25) is 5.02 Å². The van der Waals surface area contributed by atoms with E-state index in [2.05, 4.69) is 22.0 Å². The molecule has 0 aliphatic carbocycles. The van der Waals surface area contributed by atoms with E-state index < -0.39 is 0 Å². The number of fused-ring (bicyclic) bond motifs is 1. The zero-order valence-electron chi connectivity index (χ0n) is 16.1. The number of benzene rings is 3. The van der Waals surface area contributed by atoms with Gasteiger partial charge in [0.2, 0.25) is 0 Å². The molecule has 0 spiro atoms. The molecule has 28 heavy (non-hydrogen) atoms. The highest BCUT2D eigenvalue weighted by atomic mass is 35.5. The highest BCUT2D eigenvalue weighted by molar-refractivity contribution is 6.35. The van der Waals surface area contributed by atoms with Gasteiger partial charge in [0.05, 0.1) is 16.2 Å². The molecule has 140 valence electrons. The van der Waals surface area contributed by atoms with E-state index >= 15 is 0 Å². The first-order chi connectivity index (χ1) is 13.4. The molecular weight excluding hydrogens is 368 g/mol. The van der Waals surface area contributed by atoms with Crippen LogP contribution in [-0.4, -0.2) is 10.4 Å². The molecule has 0 saturated carbocycles. The number of aryl methyl sites for hydroxylation is 3. The monoisotopic (exact) mass is 388 g/mol. The number of anilines is 2. The molecule has 0 aliphatic rings. The Balaban J connectivity index is 1.67. The first-order valence-corrected chi connectivity index (χ1v) is 9.54. The van der Waals surface area contributed by atoms with Gasteiger partial charge in [0.1, 0.15) is 0 Å². The third kappa shape index (κ3) is 3.30. The number of nitrogens with zero attached hydrogens (tertiary/aromatic N) is 1. The first-order valence-electron chi connectivity index (χ1n) is 9.16. The lowest BCUT2D eigenvalue weighted by Crippen LogP contribution is -2.05. The van der Waals surface area contributed by atoms with E-state index in [1.807, 2.05) is 69.6 Å². The van der Waals surface area contributed by atoms with Gasteiger partial charge in [0, 0.05) is 35.4 Å². The molecule has 1 heterocycles. The molecule has 0 amide bonds. The number of hydrogen-bond donors (Lipinski definition) is 1. The van der Waals surface area contributed by atoms with Gasteiger partial charge in [-0.25, -0.2) is 0 Å². The second kappa shape index (κ2) is 7.17. The normalized spacial score (nSPS) is 11.0. The number of ketones is 1. The number of nitrogens with one attached hydrogen (secondary N) is 1. The summed E-state index contributed by atoms with van der Waals surface area (Å²) >= 11 is 6.49. The van der Waals surface area contributed by atoms with Gasteiger partial charge in [-0.2, -0.15) is 0 Å². The van der Waals surface area contributed by atoms with Crippen LogP contribution in [0.3, 0.4) is 0 Å². The zero-order valence-corrected chi connectivity index (χ0v) is 16.8. The van der Waals surface area contributed by atoms with Gasteiger partial charge in [0.15, 0.2) is 5.78 Å². The van der Waals surface area contributed by atoms with Gasteiger partial charge < -0.3 is 9.88 Å². The molecule has 0 bridgehead atoms. The van der Waals surface area contributed by atoms with Crippen molar-refractivity contribution in [3.05, 3.63) is 94.1 Å². The van der Waals surface area contributed by atoms with E-state index in [0.717, 1.165) is 28.0 Å². The SMILES string of the molecule is Cc1ccc(C)c(C(=O)c2ccc(Nc3cccc4ccn(C)c34)cc2Cl)c1. The van der Waals surface area contributed by atoms with Gasteiger partial charge in [-0.05, 0) is 55.8 Å². The van der Waals surface area contributed by atoms with Crippen LogP contribution in [0.4, 0.5) is 11.4 Å². The Morgan fingerprint density at radius 1 is 0.964 bits per heavy atom. The van der Waals surface area contributed by atoms with E-state index in [-0.39, 0.29) is 5.78 Å². The quantitative estimate of drug-likeness (QED) is 0.409. The summed E-state index contributed by atoms with van der Waals surface area (Å²) in [7, 11) is 2.02. The number of hydrogen-bond acceptors (Lipinski definition) is 2. The molecule has 1 N–H and O–H groups in total. The van der Waals surface area contributed by atoms with Crippen molar-refractivity contribution in [2.45, 2.75) is 13.8 Å². The van der Waals surface area contributed by atoms with Crippen molar-refractivity contribution < 1.29 is 4.79 Å². The Bertz CT molecular complexity index is 1210. The Labute approximate surface area is 169 Å². The van der Waals surface area contributed by atoms with Crippen molar-refractivity contribution >= 4 is 39.7 Å². The molecule has 0 fully saturated rings. The third-order valence-corrected chi connectivity index (χ3v) is 5.34. The van der Waals surface area contributed by atoms with Gasteiger partial charge >= 0.3 is 0 Å². The minimum Gasteiger partial charge on any atom is -0.354 e. The molecule has 4 heteroatoms. The lowest BCUT2D eigenvalue weighted by atomic mass is 9.97. The van der Waals surface area contributed by atoms with Crippen LogP contribution in [0.5, 0.6) is 0 Å². The summed E-state index contributed by atoms with van der Waals surface area (Å²) in [6, 6.07) is 19.6. The molecule has 0 radical (unpaired) electrons. The van der Waals surface area contributed by atoms with Crippen molar-refractivity contribution in [1.82, 2.24) is 4.57 Å². The molecule has 0 aliphatic heterocycles. The Morgan fingerprint density at radius 2 is 1.79 bits per heavy atom. The fourth-order valence-corrected chi connectivity index (χ4v) is 3.78. The fourth-order valence-electron chi connectivity index (χ4n) is 3.52. The Morgan fingerprint density at radius 3 is 2.57 bits per heavy atom. The summed E-state index contributed by atoms with van der Waals surface area (Å²) in [4.78, 5) is 13.0. The highest BCUT2D eigenvalue weighted by Gasteiger charge is 2.16. The highest BCUT2D eigenvalue weighted by Crippen LogP contribution is 2.30. The van der Waals surface area contributed by atoms with E-state index in [4.69, 9.17) is 11.6 Å². The van der Waals surface area contributed by atoms with Crippen molar-refractivity contribution in [2.24, 2.45) is 7.05 Å². The molecule has 3 nitrogen and oxygen atoms in total. The van der Waals surface area contributed by atoms with E-state index in [1.54, 1.807) is 6.07 Å². The molecule has 0 saturated heterocycles. The predicted octanol–water partition coefficient (Wildman–Crippen LogP) is 6.42. The summed E-state index contributed by atoms with van der Waals surface area (Å²) in [5, 5.41) is 5.03. The maximum Gasteiger partial charge on any atom is 0.194 e. The molecular formula is C24H21ClN2O. The number of carbonyl (C=O) groups is 1. The van der Waals surface area contributed by atoms with Crippen molar-refractivity contribution in [3.8, 4) is 0 Å². The second-order valence-corrected chi connectivity index (χ2v) is 7.54. The number of aromatic nitrogens is 1. The van der Waals surface area contributed by atoms with Crippen molar-refractivity contribution in [1.29, 1.82) is 0 Å². The fraction of sp³-hybridized carbons (Fsp3) is 0.125. The van der Waals surface area contributed by atoms with Crippen LogP contribution in [0.15, 0.2) is 66.9 Å². The van der Waals surface area contributed by atoms with Crippen LogP contribution in [0.25, 0.3) is 10.9 Å². The second-order valence-electron chi connectivity index (χ2n) is 7.14. The molecule has 4 rings (SSSR count). The lowest BCUT2D eigenvalue weighted by molar-refractivity contribution is 0.103. The molecule has 0 unspecified atom stereocenters. The summed E-state index contributed by atoms with van der Waals surface area (Å²) in [5.74, 6) is -0.0534. The van der Waals surface area contributed by atoms with Crippen LogP contribution in [0, 0.1) is 13.8 Å². The van der Waals surface area contributed by atoms with Crippen LogP contribution >= 0.6 is 11.6 Å². The summed E-state index contributed by atoms with van der Waals surface area (Å²) in [6.07, 6.45) is 2.04. The Hall–Kier alpha value is -3.04. The average molecular weight is 389 g/mol. The predicted molar refractivity (Wildman–Crippen MR) is 117 cm³/mol. The van der Waals surface area contributed by atoms with E-state index in [9.17, 15) is 4.79 Å². The van der Waals surface area contributed by atoms with Crippen LogP contribution in [0.1, 0.15) is 27.0 Å². The standard InChI is InChI=1S/C24H21ClN2O/c1-15-7-8-16(2)20(13-15)24(28)19-10-9-18(14-21(19)25)26-22-6-4-5-17-11-12-27(3)23(17)22/h4-14,26H,1-3H3. The Kier molecular flexibility index (Phi) is 4.70. The van der Waals surface area contributed by atoms with Crippen molar-refractivity contribution in [2.75, 3.05) is 5.32 Å². The van der Waals surface area contributed by atoms with Gasteiger partial charge in [-0.3, -0.25) is 4.79 Å². The molecule has 4 aromatic rings. The molecule has 3 aromatic carbocycles. The molecule has 1 aromatic heterocycles. The number of rotatable bonds is 4. The van der Waals surface area contributed by atoms with E-state index in [1.165, 1.54) is 5.39 Å². The molecule has 0 atom stereocenters.